The molecule has 1 amide bonds. The van der Waals surface area contributed by atoms with Crippen LogP contribution in [0.5, 0.6) is 0 Å². The Hall–Kier alpha value is -0.570. The van der Waals surface area contributed by atoms with Crippen LogP contribution in [0.25, 0.3) is 0 Å². The van der Waals surface area contributed by atoms with Gasteiger partial charge in [0.25, 0.3) is 0 Å². The van der Waals surface area contributed by atoms with Crippen LogP contribution in [0, 0.1) is 5.92 Å². The van der Waals surface area contributed by atoms with E-state index in [4.69, 9.17) is 5.21 Å². The van der Waals surface area contributed by atoms with Crippen molar-refractivity contribution >= 4 is 5.91 Å². The van der Waals surface area contributed by atoms with Crippen LogP contribution in [-0.2, 0) is 4.79 Å². The van der Waals surface area contributed by atoms with E-state index in [-0.39, 0.29) is 11.8 Å². The molecule has 0 spiro atoms. The molecule has 1 unspecified atom stereocenters. The predicted molar refractivity (Wildman–Crippen MR) is 34.0 cm³/mol. The van der Waals surface area contributed by atoms with Crippen molar-refractivity contribution in [3.63, 3.8) is 0 Å². The second-order valence-corrected chi connectivity index (χ2v) is 2.17. The summed E-state index contributed by atoms with van der Waals surface area (Å²) in [6.07, 6.45) is 0.768. The maximum Gasteiger partial charge on any atom is 0.248 e. The van der Waals surface area contributed by atoms with Crippen molar-refractivity contribution in [2.24, 2.45) is 5.92 Å². The number of hydrogen-bond donors (Lipinski definition) is 1. The zero-order chi connectivity index (χ0) is 7.44. The van der Waals surface area contributed by atoms with Gasteiger partial charge in [-0.2, -0.15) is 0 Å². The largest absolute Gasteiger partial charge is 0.286 e. The third-order valence-electron chi connectivity index (χ3n) is 1.35. The van der Waals surface area contributed by atoms with Gasteiger partial charge in [-0.15, -0.1) is 0 Å². The fourth-order valence-electron chi connectivity index (χ4n) is 0.494. The molecule has 1 atom stereocenters. The zero-order valence-electron chi connectivity index (χ0n) is 6.09. The monoisotopic (exact) mass is 131 g/mol. The first-order valence-electron chi connectivity index (χ1n) is 3.06. The molecule has 54 valence electrons. The summed E-state index contributed by atoms with van der Waals surface area (Å²) in [5, 5.41) is 9.24. The van der Waals surface area contributed by atoms with Crippen molar-refractivity contribution in [3.8, 4) is 0 Å². The zero-order valence-corrected chi connectivity index (χ0v) is 6.09. The normalized spacial score (nSPS) is 12.9. The molecule has 1 N–H and O–H groups in total. The third kappa shape index (κ3) is 2.46. The summed E-state index contributed by atoms with van der Waals surface area (Å²) in [7, 11) is 1.34. The number of carbonyl (C=O) groups excluding carboxylic acids is 1. The molecule has 9 heavy (non-hydrogen) atoms. The molecule has 0 aliphatic carbocycles. The number of carbonyl (C=O) groups is 1. The Bertz CT molecular complexity index is 101. The van der Waals surface area contributed by atoms with E-state index in [1.807, 2.05) is 6.92 Å². The Balaban J connectivity index is 3.73. The SMILES string of the molecule is CCC(C)C(=O)N(C)O. The number of rotatable bonds is 2. The molecule has 0 aliphatic heterocycles. The lowest BCUT2D eigenvalue weighted by Gasteiger charge is -2.12. The summed E-state index contributed by atoms with van der Waals surface area (Å²) in [6, 6.07) is 0. The quantitative estimate of drug-likeness (QED) is 0.446. The predicted octanol–water partition coefficient (Wildman–Crippen LogP) is 0.880. The Morgan fingerprint density at radius 1 is 1.78 bits per heavy atom. The fourth-order valence-corrected chi connectivity index (χ4v) is 0.494. The van der Waals surface area contributed by atoms with Crippen LogP contribution >= 0.6 is 0 Å². The van der Waals surface area contributed by atoms with E-state index in [9.17, 15) is 4.79 Å². The van der Waals surface area contributed by atoms with Gasteiger partial charge in [0.1, 0.15) is 0 Å². The first kappa shape index (κ1) is 8.43. The summed E-state index contributed by atoms with van der Waals surface area (Å²) in [4.78, 5) is 10.7. The van der Waals surface area contributed by atoms with Crippen molar-refractivity contribution < 1.29 is 10.0 Å². The average molecular weight is 131 g/mol. The van der Waals surface area contributed by atoms with Gasteiger partial charge >= 0.3 is 0 Å². The van der Waals surface area contributed by atoms with Gasteiger partial charge < -0.3 is 0 Å². The molecule has 0 saturated carbocycles. The molecule has 3 heteroatoms. The van der Waals surface area contributed by atoms with E-state index in [1.54, 1.807) is 6.92 Å². The molecule has 0 heterocycles. The van der Waals surface area contributed by atoms with Crippen molar-refractivity contribution in [2.45, 2.75) is 20.3 Å². The van der Waals surface area contributed by atoms with Crippen LogP contribution in [0.4, 0.5) is 0 Å². The van der Waals surface area contributed by atoms with Gasteiger partial charge in [-0.1, -0.05) is 13.8 Å². The van der Waals surface area contributed by atoms with Gasteiger partial charge in [0, 0.05) is 13.0 Å². The molecular weight excluding hydrogens is 118 g/mol. The highest BCUT2D eigenvalue weighted by atomic mass is 16.5. The topological polar surface area (TPSA) is 40.5 Å². The molecule has 0 rings (SSSR count). The van der Waals surface area contributed by atoms with Crippen molar-refractivity contribution in [1.29, 1.82) is 0 Å². The van der Waals surface area contributed by atoms with Crippen molar-refractivity contribution in [1.82, 2.24) is 5.06 Å². The van der Waals surface area contributed by atoms with Gasteiger partial charge in [0.15, 0.2) is 0 Å². The van der Waals surface area contributed by atoms with E-state index in [2.05, 4.69) is 0 Å². The summed E-state index contributed by atoms with van der Waals surface area (Å²) >= 11 is 0. The summed E-state index contributed by atoms with van der Waals surface area (Å²) in [6.45, 7) is 3.70. The van der Waals surface area contributed by atoms with Gasteiger partial charge in [0.2, 0.25) is 5.91 Å². The standard InChI is InChI=1S/C6H13NO2/c1-4-5(2)6(8)7(3)9/h5,9H,4H2,1-3H3. The van der Waals surface area contributed by atoms with Crippen LogP contribution in [-0.4, -0.2) is 23.2 Å². The number of amides is 1. The molecule has 0 aliphatic rings. The molecule has 0 aromatic carbocycles. The lowest BCUT2D eigenvalue weighted by molar-refractivity contribution is -0.163. The Morgan fingerprint density at radius 3 is 2.33 bits per heavy atom. The highest BCUT2D eigenvalue weighted by Gasteiger charge is 2.12. The highest BCUT2D eigenvalue weighted by Crippen LogP contribution is 2.02. The minimum absolute atomic E-state index is 0.0694. The van der Waals surface area contributed by atoms with Crippen LogP contribution < -0.4 is 0 Å². The Labute approximate surface area is 55.2 Å². The summed E-state index contributed by atoms with van der Waals surface area (Å²) < 4.78 is 0. The van der Waals surface area contributed by atoms with Crippen LogP contribution in [0.15, 0.2) is 0 Å². The van der Waals surface area contributed by atoms with Gasteiger partial charge in [0.05, 0.1) is 0 Å². The summed E-state index contributed by atoms with van der Waals surface area (Å²) in [5.41, 5.74) is 0. The molecule has 0 radical (unpaired) electrons. The molecule has 0 aromatic heterocycles. The Morgan fingerprint density at radius 2 is 2.22 bits per heavy atom. The molecule has 3 nitrogen and oxygen atoms in total. The molecular formula is C6H13NO2. The first-order valence-corrected chi connectivity index (χ1v) is 3.06. The number of hydrogen-bond acceptors (Lipinski definition) is 2. The molecule has 0 fully saturated rings. The lowest BCUT2D eigenvalue weighted by atomic mass is 10.1. The van der Waals surface area contributed by atoms with E-state index in [0.717, 1.165) is 6.42 Å². The number of nitrogens with zero attached hydrogens (tertiary/aromatic N) is 1. The molecule has 0 saturated heterocycles. The minimum atomic E-state index is -0.225. The van der Waals surface area contributed by atoms with Crippen LogP contribution in [0.1, 0.15) is 20.3 Å². The Kier molecular flexibility index (Phi) is 3.24. The van der Waals surface area contributed by atoms with Gasteiger partial charge in [-0.3, -0.25) is 10.0 Å². The van der Waals surface area contributed by atoms with E-state index in [1.165, 1.54) is 7.05 Å². The van der Waals surface area contributed by atoms with E-state index in [0.29, 0.717) is 5.06 Å². The average Bonchev–Trinajstić information content (AvgIpc) is 1.84. The highest BCUT2D eigenvalue weighted by molar-refractivity contribution is 5.76. The second-order valence-electron chi connectivity index (χ2n) is 2.17. The maximum atomic E-state index is 10.7. The van der Waals surface area contributed by atoms with E-state index >= 15 is 0 Å². The maximum absolute atomic E-state index is 10.7. The van der Waals surface area contributed by atoms with Crippen LogP contribution in [0.2, 0.25) is 0 Å². The third-order valence-corrected chi connectivity index (χ3v) is 1.35. The van der Waals surface area contributed by atoms with Gasteiger partial charge in [-0.25, -0.2) is 5.06 Å². The fraction of sp³-hybridized carbons (Fsp3) is 0.833. The second kappa shape index (κ2) is 3.45. The molecule has 0 bridgehead atoms. The minimum Gasteiger partial charge on any atom is -0.286 e. The van der Waals surface area contributed by atoms with Crippen LogP contribution in [0.3, 0.4) is 0 Å². The first-order chi connectivity index (χ1) is 4.09. The number of hydroxylamine groups is 2. The van der Waals surface area contributed by atoms with Gasteiger partial charge in [-0.05, 0) is 6.42 Å². The van der Waals surface area contributed by atoms with Crippen molar-refractivity contribution in [2.75, 3.05) is 7.05 Å². The molecule has 0 aromatic rings. The van der Waals surface area contributed by atoms with E-state index < -0.39 is 0 Å². The summed E-state index contributed by atoms with van der Waals surface area (Å²) in [5.74, 6) is -0.294. The van der Waals surface area contributed by atoms with Crippen molar-refractivity contribution in [3.05, 3.63) is 0 Å². The lowest BCUT2D eigenvalue weighted by Crippen LogP contribution is -2.27. The smallest absolute Gasteiger partial charge is 0.248 e.